The van der Waals surface area contributed by atoms with Crippen LogP contribution in [0.25, 0.3) is 11.5 Å². The van der Waals surface area contributed by atoms with Crippen molar-refractivity contribution < 1.29 is 13.9 Å². The summed E-state index contributed by atoms with van der Waals surface area (Å²) in [6.07, 6.45) is 2.91. The Labute approximate surface area is 129 Å². The molecule has 3 rings (SSSR count). The average Bonchev–Trinajstić information content (AvgIpc) is 3.04. The molecule has 2 heterocycles. The number of amides is 1. The number of oxazole rings is 1. The molecule has 0 aliphatic carbocycles. The molecule has 1 amide bonds. The highest BCUT2D eigenvalue weighted by atomic mass is 16.5. The van der Waals surface area contributed by atoms with Crippen molar-refractivity contribution in [2.24, 2.45) is 0 Å². The second-order valence-corrected chi connectivity index (χ2v) is 5.43. The third-order valence-electron chi connectivity index (χ3n) is 3.85. The SMILES string of the molecule is CCC1CN(C(=O)Cc2coc(-c3ccccc3)n2)CCO1. The van der Waals surface area contributed by atoms with Crippen molar-refractivity contribution in [3.63, 3.8) is 0 Å². The molecule has 1 atom stereocenters. The van der Waals surface area contributed by atoms with Gasteiger partial charge in [0.05, 0.1) is 24.8 Å². The van der Waals surface area contributed by atoms with Crippen molar-refractivity contribution in [2.75, 3.05) is 19.7 Å². The molecule has 1 aliphatic rings. The lowest BCUT2D eigenvalue weighted by Crippen LogP contribution is -2.46. The van der Waals surface area contributed by atoms with Gasteiger partial charge in [-0.25, -0.2) is 4.98 Å². The van der Waals surface area contributed by atoms with Gasteiger partial charge < -0.3 is 14.1 Å². The van der Waals surface area contributed by atoms with E-state index >= 15 is 0 Å². The molecule has 1 saturated heterocycles. The Kier molecular flexibility index (Phi) is 4.53. The normalized spacial score (nSPS) is 18.4. The summed E-state index contributed by atoms with van der Waals surface area (Å²) < 4.78 is 11.1. The fraction of sp³-hybridized carbons (Fsp3) is 0.412. The van der Waals surface area contributed by atoms with E-state index in [1.54, 1.807) is 6.26 Å². The monoisotopic (exact) mass is 300 g/mol. The largest absolute Gasteiger partial charge is 0.444 e. The molecule has 22 heavy (non-hydrogen) atoms. The number of carbonyl (C=O) groups excluding carboxylic acids is 1. The first-order chi connectivity index (χ1) is 10.8. The minimum absolute atomic E-state index is 0.0784. The summed E-state index contributed by atoms with van der Waals surface area (Å²) in [6, 6.07) is 9.68. The highest BCUT2D eigenvalue weighted by Gasteiger charge is 2.23. The number of hydrogen-bond acceptors (Lipinski definition) is 4. The van der Waals surface area contributed by atoms with E-state index in [1.807, 2.05) is 35.2 Å². The molecule has 1 fully saturated rings. The Bertz CT molecular complexity index is 624. The van der Waals surface area contributed by atoms with Gasteiger partial charge in [-0.05, 0) is 18.6 Å². The summed E-state index contributed by atoms with van der Waals surface area (Å²) in [6.45, 7) is 4.00. The minimum Gasteiger partial charge on any atom is -0.444 e. The van der Waals surface area contributed by atoms with E-state index in [2.05, 4.69) is 11.9 Å². The third-order valence-corrected chi connectivity index (χ3v) is 3.85. The van der Waals surface area contributed by atoms with Crippen LogP contribution in [-0.2, 0) is 16.0 Å². The van der Waals surface area contributed by atoms with Gasteiger partial charge in [-0.15, -0.1) is 0 Å². The zero-order chi connectivity index (χ0) is 15.4. The van der Waals surface area contributed by atoms with Crippen molar-refractivity contribution in [1.29, 1.82) is 0 Å². The van der Waals surface area contributed by atoms with E-state index in [-0.39, 0.29) is 18.4 Å². The van der Waals surface area contributed by atoms with Crippen LogP contribution in [0.1, 0.15) is 19.0 Å². The Morgan fingerprint density at radius 1 is 1.36 bits per heavy atom. The number of rotatable bonds is 4. The summed E-state index contributed by atoms with van der Waals surface area (Å²) in [7, 11) is 0. The molecule has 0 radical (unpaired) electrons. The molecule has 0 N–H and O–H groups in total. The van der Waals surface area contributed by atoms with Crippen LogP contribution >= 0.6 is 0 Å². The molecule has 1 unspecified atom stereocenters. The predicted octanol–water partition coefficient (Wildman–Crippen LogP) is 2.52. The quantitative estimate of drug-likeness (QED) is 0.870. The first kappa shape index (κ1) is 14.8. The molecule has 2 aromatic rings. The Hall–Kier alpha value is -2.14. The Morgan fingerprint density at radius 2 is 2.18 bits per heavy atom. The van der Waals surface area contributed by atoms with Gasteiger partial charge >= 0.3 is 0 Å². The zero-order valence-electron chi connectivity index (χ0n) is 12.7. The number of hydrogen-bond donors (Lipinski definition) is 0. The Balaban J connectivity index is 1.64. The topological polar surface area (TPSA) is 55.6 Å². The predicted molar refractivity (Wildman–Crippen MR) is 82.3 cm³/mol. The molecule has 0 bridgehead atoms. The highest BCUT2D eigenvalue weighted by Crippen LogP contribution is 2.18. The maximum Gasteiger partial charge on any atom is 0.228 e. The van der Waals surface area contributed by atoms with E-state index in [9.17, 15) is 4.79 Å². The van der Waals surface area contributed by atoms with Crippen LogP contribution in [0, 0.1) is 0 Å². The number of benzene rings is 1. The van der Waals surface area contributed by atoms with Gasteiger partial charge in [0.1, 0.15) is 6.26 Å². The van der Waals surface area contributed by atoms with Crippen molar-refractivity contribution in [2.45, 2.75) is 25.9 Å². The van der Waals surface area contributed by atoms with Crippen molar-refractivity contribution in [1.82, 2.24) is 9.88 Å². The first-order valence-corrected chi connectivity index (χ1v) is 7.65. The smallest absolute Gasteiger partial charge is 0.228 e. The molecule has 5 nitrogen and oxygen atoms in total. The van der Waals surface area contributed by atoms with Crippen LogP contribution in [0.2, 0.25) is 0 Å². The number of nitrogens with zero attached hydrogens (tertiary/aromatic N) is 2. The molecule has 1 aromatic heterocycles. The second kappa shape index (κ2) is 6.75. The van der Waals surface area contributed by atoms with E-state index in [0.29, 0.717) is 31.3 Å². The van der Waals surface area contributed by atoms with Crippen LogP contribution in [0.3, 0.4) is 0 Å². The van der Waals surface area contributed by atoms with Crippen LogP contribution in [-0.4, -0.2) is 41.6 Å². The minimum atomic E-state index is 0.0784. The van der Waals surface area contributed by atoms with Crippen LogP contribution < -0.4 is 0 Å². The Morgan fingerprint density at radius 3 is 2.95 bits per heavy atom. The van der Waals surface area contributed by atoms with Crippen molar-refractivity contribution >= 4 is 5.91 Å². The number of morpholine rings is 1. The summed E-state index contributed by atoms with van der Waals surface area (Å²) in [4.78, 5) is 18.6. The second-order valence-electron chi connectivity index (χ2n) is 5.43. The first-order valence-electron chi connectivity index (χ1n) is 7.65. The van der Waals surface area contributed by atoms with Gasteiger partial charge in [0, 0.05) is 18.7 Å². The van der Waals surface area contributed by atoms with Gasteiger partial charge in [0.15, 0.2) is 0 Å². The van der Waals surface area contributed by atoms with Gasteiger partial charge in [-0.1, -0.05) is 25.1 Å². The van der Waals surface area contributed by atoms with Gasteiger partial charge in [0.2, 0.25) is 11.8 Å². The van der Waals surface area contributed by atoms with Crippen molar-refractivity contribution in [3.8, 4) is 11.5 Å². The standard InChI is InChI=1S/C17H20N2O3/c1-2-15-11-19(8-9-21-15)16(20)10-14-12-22-17(18-14)13-6-4-3-5-7-13/h3-7,12,15H,2,8-11H2,1H3. The van der Waals surface area contributed by atoms with Crippen LogP contribution in [0.5, 0.6) is 0 Å². The fourth-order valence-electron chi connectivity index (χ4n) is 2.56. The zero-order valence-corrected chi connectivity index (χ0v) is 12.7. The molecule has 1 aromatic carbocycles. The molecule has 0 spiro atoms. The number of aromatic nitrogens is 1. The molecule has 5 heteroatoms. The molecular formula is C17H20N2O3. The average molecular weight is 300 g/mol. The fourth-order valence-corrected chi connectivity index (χ4v) is 2.56. The number of carbonyl (C=O) groups is 1. The van der Waals surface area contributed by atoms with E-state index in [1.165, 1.54) is 0 Å². The summed E-state index contributed by atoms with van der Waals surface area (Å²) in [5, 5.41) is 0. The van der Waals surface area contributed by atoms with Crippen LogP contribution in [0.15, 0.2) is 41.0 Å². The van der Waals surface area contributed by atoms with E-state index in [0.717, 1.165) is 12.0 Å². The van der Waals surface area contributed by atoms with E-state index in [4.69, 9.17) is 9.15 Å². The number of ether oxygens (including phenoxy) is 1. The summed E-state index contributed by atoms with van der Waals surface area (Å²) in [5.41, 5.74) is 1.59. The molecule has 0 saturated carbocycles. The van der Waals surface area contributed by atoms with Gasteiger partial charge in [-0.3, -0.25) is 4.79 Å². The van der Waals surface area contributed by atoms with Crippen LogP contribution in [0.4, 0.5) is 0 Å². The lowest BCUT2D eigenvalue weighted by atomic mass is 10.2. The summed E-state index contributed by atoms with van der Waals surface area (Å²) >= 11 is 0. The highest BCUT2D eigenvalue weighted by molar-refractivity contribution is 5.78. The third kappa shape index (κ3) is 3.36. The van der Waals surface area contributed by atoms with Crippen molar-refractivity contribution in [3.05, 3.63) is 42.3 Å². The lowest BCUT2D eigenvalue weighted by Gasteiger charge is -2.32. The van der Waals surface area contributed by atoms with Gasteiger partial charge in [-0.2, -0.15) is 0 Å². The maximum absolute atomic E-state index is 12.4. The molecular weight excluding hydrogens is 280 g/mol. The lowest BCUT2D eigenvalue weighted by molar-refractivity contribution is -0.138. The summed E-state index contributed by atoms with van der Waals surface area (Å²) in [5.74, 6) is 0.631. The molecule has 1 aliphatic heterocycles. The van der Waals surface area contributed by atoms with Gasteiger partial charge in [0.25, 0.3) is 0 Å². The maximum atomic E-state index is 12.4. The molecule has 116 valence electrons. The van der Waals surface area contributed by atoms with E-state index < -0.39 is 0 Å².